The summed E-state index contributed by atoms with van der Waals surface area (Å²) in [6, 6.07) is 2.68. The summed E-state index contributed by atoms with van der Waals surface area (Å²) in [4.78, 5) is 20.7. The molecule has 1 aromatic heterocycles. The van der Waals surface area contributed by atoms with Crippen LogP contribution in [-0.2, 0) is 0 Å². The summed E-state index contributed by atoms with van der Waals surface area (Å²) in [6.07, 6.45) is 0.527. The average molecular weight is 196 g/mol. The number of benzene rings is 1. The van der Waals surface area contributed by atoms with Gasteiger partial charge in [0, 0.05) is 6.07 Å². The molecule has 4 nitrogen and oxygen atoms in total. The molecule has 66 valence electrons. The summed E-state index contributed by atoms with van der Waals surface area (Å²) < 4.78 is 5.30. The van der Waals surface area contributed by atoms with E-state index in [0.717, 1.165) is 11.3 Å². The number of phenols is 1. The Balaban J connectivity index is 2.87. The van der Waals surface area contributed by atoms with Gasteiger partial charge in [0.2, 0.25) is 0 Å². The number of carbonyl (C=O) groups is 1. The molecule has 0 fully saturated rings. The quantitative estimate of drug-likeness (QED) is 0.699. The minimum atomic E-state index is -0.447. The van der Waals surface area contributed by atoms with Crippen LogP contribution in [0.4, 0.5) is 0 Å². The fourth-order valence-corrected chi connectivity index (χ4v) is 1.72. The number of phenolic OH excluding ortho intramolecular Hbond substituents is 1. The summed E-state index contributed by atoms with van der Waals surface area (Å²) in [5.41, 5.74) is 0.461. The molecule has 5 heteroatoms. The van der Waals surface area contributed by atoms with E-state index in [4.69, 9.17) is 4.42 Å². The molecule has 0 atom stereocenters. The first-order chi connectivity index (χ1) is 6.20. The van der Waals surface area contributed by atoms with E-state index >= 15 is 0 Å². The van der Waals surface area contributed by atoms with Gasteiger partial charge in [-0.2, -0.15) is 0 Å². The number of aromatic hydroxyl groups is 1. The highest BCUT2D eigenvalue weighted by Gasteiger charge is 2.07. The molecule has 0 amide bonds. The Morgan fingerprint density at radius 1 is 1.46 bits per heavy atom. The molecule has 13 heavy (non-hydrogen) atoms. The van der Waals surface area contributed by atoms with E-state index in [-0.39, 0.29) is 11.3 Å². The first-order valence-corrected chi connectivity index (χ1v) is 4.24. The highest BCUT2D eigenvalue weighted by molar-refractivity contribution is 7.16. The first kappa shape index (κ1) is 8.00. The topological polar surface area (TPSA) is 67.5 Å². The fraction of sp³-hybridized carbons (Fsp3) is 0. The number of hydrogen-bond acceptors (Lipinski definition) is 5. The summed E-state index contributed by atoms with van der Waals surface area (Å²) in [5.74, 6) is -0.177. The Labute approximate surface area is 76.0 Å². The zero-order valence-corrected chi connectivity index (χ0v) is 7.13. The molecule has 0 aliphatic heterocycles. The standard InChI is InChI=1S/C8H4O4S/c9-3-4-1-7-6(2-5(4)10)12-8(11)13-7/h1-3,10H. The molecule has 2 aromatic rings. The molecule has 0 aliphatic rings. The van der Waals surface area contributed by atoms with Crippen LogP contribution in [0.3, 0.4) is 0 Å². The van der Waals surface area contributed by atoms with Gasteiger partial charge in [-0.05, 0) is 6.07 Å². The van der Waals surface area contributed by atoms with E-state index in [9.17, 15) is 14.7 Å². The second-order valence-corrected chi connectivity index (χ2v) is 3.41. The van der Waals surface area contributed by atoms with Crippen molar-refractivity contribution in [3.8, 4) is 5.75 Å². The largest absolute Gasteiger partial charge is 0.507 e. The molecule has 0 bridgehead atoms. The normalized spacial score (nSPS) is 10.5. The van der Waals surface area contributed by atoms with Gasteiger partial charge in [-0.3, -0.25) is 4.79 Å². The number of carbonyl (C=O) groups excluding carboxylic acids is 1. The van der Waals surface area contributed by atoms with Crippen molar-refractivity contribution in [1.82, 2.24) is 0 Å². The van der Waals surface area contributed by atoms with Crippen molar-refractivity contribution >= 4 is 27.9 Å². The van der Waals surface area contributed by atoms with E-state index in [0.29, 0.717) is 16.6 Å². The predicted molar refractivity (Wildman–Crippen MR) is 47.4 cm³/mol. The lowest BCUT2D eigenvalue weighted by molar-refractivity contribution is 0.112. The predicted octanol–water partition coefficient (Wildman–Crippen LogP) is 1.37. The van der Waals surface area contributed by atoms with Gasteiger partial charge in [0.1, 0.15) is 5.75 Å². The molecular weight excluding hydrogens is 192 g/mol. The van der Waals surface area contributed by atoms with Crippen molar-refractivity contribution in [2.45, 2.75) is 0 Å². The Hall–Kier alpha value is -1.62. The fourth-order valence-electron chi connectivity index (χ4n) is 1.02. The summed E-state index contributed by atoms with van der Waals surface area (Å²) >= 11 is 0.898. The third kappa shape index (κ3) is 1.23. The zero-order chi connectivity index (χ0) is 9.42. The summed E-state index contributed by atoms with van der Waals surface area (Å²) in [7, 11) is 0. The monoisotopic (exact) mass is 196 g/mol. The molecular formula is C8H4O4S. The van der Waals surface area contributed by atoms with Crippen molar-refractivity contribution in [3.05, 3.63) is 27.4 Å². The first-order valence-electron chi connectivity index (χ1n) is 3.42. The van der Waals surface area contributed by atoms with Gasteiger partial charge in [0.15, 0.2) is 11.9 Å². The van der Waals surface area contributed by atoms with Gasteiger partial charge in [0.05, 0.1) is 10.3 Å². The van der Waals surface area contributed by atoms with E-state index in [2.05, 4.69) is 0 Å². The van der Waals surface area contributed by atoms with Crippen LogP contribution in [0.25, 0.3) is 10.3 Å². The van der Waals surface area contributed by atoms with Crippen molar-refractivity contribution < 1.29 is 14.3 Å². The van der Waals surface area contributed by atoms with Gasteiger partial charge in [-0.25, -0.2) is 4.79 Å². The van der Waals surface area contributed by atoms with Crippen LogP contribution < -0.4 is 4.94 Å². The van der Waals surface area contributed by atoms with Crippen molar-refractivity contribution in [1.29, 1.82) is 0 Å². The molecule has 1 heterocycles. The maximum Gasteiger partial charge on any atom is 0.396 e. The van der Waals surface area contributed by atoms with Crippen LogP contribution >= 0.6 is 11.3 Å². The van der Waals surface area contributed by atoms with Crippen molar-refractivity contribution in [2.24, 2.45) is 0 Å². The van der Waals surface area contributed by atoms with Crippen LogP contribution in [0.2, 0.25) is 0 Å². The van der Waals surface area contributed by atoms with Crippen molar-refractivity contribution in [2.75, 3.05) is 0 Å². The van der Waals surface area contributed by atoms with Crippen LogP contribution in [0, 0.1) is 0 Å². The average Bonchev–Trinajstić information content (AvgIpc) is 2.42. The van der Waals surface area contributed by atoms with Crippen molar-refractivity contribution in [3.63, 3.8) is 0 Å². The molecule has 1 aromatic carbocycles. The maximum absolute atomic E-state index is 10.8. The summed E-state index contributed by atoms with van der Waals surface area (Å²) in [6.45, 7) is 0. The molecule has 0 unspecified atom stereocenters. The van der Waals surface area contributed by atoms with Crippen LogP contribution in [0.5, 0.6) is 5.75 Å². The SMILES string of the molecule is O=Cc1cc2sc(=O)oc2cc1O. The second-order valence-electron chi connectivity index (χ2n) is 2.43. The van der Waals surface area contributed by atoms with Crippen LogP contribution in [0.1, 0.15) is 10.4 Å². The molecule has 0 spiro atoms. The molecule has 0 saturated carbocycles. The minimum absolute atomic E-state index is 0.157. The Kier molecular flexibility index (Phi) is 1.66. The molecule has 0 saturated heterocycles. The molecule has 2 rings (SSSR count). The number of rotatable bonds is 1. The molecule has 1 N–H and O–H groups in total. The third-order valence-electron chi connectivity index (χ3n) is 1.61. The Bertz CT molecular complexity index is 522. The van der Waals surface area contributed by atoms with Crippen LogP contribution in [0.15, 0.2) is 21.3 Å². The highest BCUT2D eigenvalue weighted by Crippen LogP contribution is 2.25. The second kappa shape index (κ2) is 2.70. The number of hydrogen-bond donors (Lipinski definition) is 1. The minimum Gasteiger partial charge on any atom is -0.507 e. The van der Waals surface area contributed by atoms with Gasteiger partial charge in [-0.15, -0.1) is 0 Å². The molecule has 0 radical (unpaired) electrons. The lowest BCUT2D eigenvalue weighted by Gasteiger charge is -1.94. The van der Waals surface area contributed by atoms with E-state index in [1.54, 1.807) is 0 Å². The van der Waals surface area contributed by atoms with Gasteiger partial charge in [0.25, 0.3) is 0 Å². The van der Waals surface area contributed by atoms with E-state index in [1.807, 2.05) is 0 Å². The third-order valence-corrected chi connectivity index (χ3v) is 2.40. The lowest BCUT2D eigenvalue weighted by atomic mass is 10.2. The zero-order valence-electron chi connectivity index (χ0n) is 6.31. The molecule has 0 aliphatic carbocycles. The Morgan fingerprint density at radius 2 is 2.23 bits per heavy atom. The van der Waals surface area contributed by atoms with Gasteiger partial charge >= 0.3 is 4.94 Å². The number of fused-ring (bicyclic) bond motifs is 1. The smallest absolute Gasteiger partial charge is 0.396 e. The van der Waals surface area contributed by atoms with E-state index in [1.165, 1.54) is 12.1 Å². The highest BCUT2D eigenvalue weighted by atomic mass is 32.1. The Morgan fingerprint density at radius 3 is 2.92 bits per heavy atom. The summed E-state index contributed by atoms with van der Waals surface area (Å²) in [5, 5.41) is 9.23. The van der Waals surface area contributed by atoms with Gasteiger partial charge in [-0.1, -0.05) is 11.3 Å². The van der Waals surface area contributed by atoms with Gasteiger partial charge < -0.3 is 9.52 Å². The number of aldehydes is 1. The van der Waals surface area contributed by atoms with E-state index < -0.39 is 4.94 Å². The lowest BCUT2D eigenvalue weighted by Crippen LogP contribution is -1.80. The maximum atomic E-state index is 10.8. The van der Waals surface area contributed by atoms with Crippen LogP contribution in [-0.4, -0.2) is 11.4 Å².